The highest BCUT2D eigenvalue weighted by atomic mass is 32.1. The molecule has 2 nitrogen and oxygen atoms in total. The van der Waals surface area contributed by atoms with Crippen molar-refractivity contribution in [1.29, 1.82) is 5.26 Å². The minimum absolute atomic E-state index is 0.663. The van der Waals surface area contributed by atoms with E-state index in [0.717, 1.165) is 27.8 Å². The molecule has 7 aromatic rings. The van der Waals surface area contributed by atoms with Crippen molar-refractivity contribution in [3.8, 4) is 22.9 Å². The lowest BCUT2D eigenvalue weighted by molar-refractivity contribution is 1.18. The van der Waals surface area contributed by atoms with Crippen LogP contribution in [0.2, 0.25) is 0 Å². The molecule has 0 aliphatic rings. The zero-order chi connectivity index (χ0) is 22.6. The van der Waals surface area contributed by atoms with Crippen LogP contribution in [0.4, 0.5) is 0 Å². The first-order valence-electron chi connectivity index (χ1n) is 11.3. The van der Waals surface area contributed by atoms with Crippen molar-refractivity contribution in [2.45, 2.75) is 0 Å². The van der Waals surface area contributed by atoms with Crippen LogP contribution < -0.4 is 0 Å². The Labute approximate surface area is 200 Å². The summed E-state index contributed by atoms with van der Waals surface area (Å²) >= 11 is 1.82. The van der Waals surface area contributed by atoms with Crippen LogP contribution in [-0.4, -0.2) is 4.57 Å². The first-order valence-corrected chi connectivity index (χ1v) is 12.1. The van der Waals surface area contributed by atoms with Gasteiger partial charge in [-0.15, -0.1) is 11.3 Å². The molecule has 5 aromatic carbocycles. The molecule has 0 radical (unpaired) electrons. The van der Waals surface area contributed by atoms with Gasteiger partial charge in [-0.05, 0) is 48.0 Å². The van der Waals surface area contributed by atoms with Gasteiger partial charge in [0.2, 0.25) is 0 Å². The highest BCUT2D eigenvalue weighted by molar-refractivity contribution is 7.25. The Morgan fingerprint density at radius 2 is 1.24 bits per heavy atom. The van der Waals surface area contributed by atoms with Crippen LogP contribution >= 0.6 is 11.3 Å². The highest BCUT2D eigenvalue weighted by Gasteiger charge is 2.16. The third-order valence-corrected chi connectivity index (χ3v) is 7.77. The molecule has 0 bridgehead atoms. The molecule has 7 rings (SSSR count). The Morgan fingerprint density at radius 3 is 1.97 bits per heavy atom. The van der Waals surface area contributed by atoms with Gasteiger partial charge in [0.1, 0.15) is 0 Å². The van der Waals surface area contributed by atoms with E-state index in [9.17, 15) is 5.26 Å². The van der Waals surface area contributed by atoms with Crippen molar-refractivity contribution >= 4 is 53.3 Å². The van der Waals surface area contributed by atoms with Gasteiger partial charge in [0.05, 0.1) is 28.4 Å². The summed E-state index contributed by atoms with van der Waals surface area (Å²) in [6.07, 6.45) is 0. The Bertz CT molecular complexity index is 1880. The predicted molar refractivity (Wildman–Crippen MR) is 144 cm³/mol. The molecule has 0 atom stereocenters. The molecule has 0 saturated heterocycles. The fourth-order valence-electron chi connectivity index (χ4n) is 5.11. The SMILES string of the molecule is N#Cc1ccc(-n2c3ccccc3c3ccccc32)c(-c2ccc3c(c2)sc2ccccc23)c1. The number of nitriles is 1. The van der Waals surface area contributed by atoms with E-state index in [1.807, 2.05) is 23.5 Å². The molecule has 0 spiro atoms. The van der Waals surface area contributed by atoms with E-state index in [1.165, 1.54) is 30.9 Å². The number of hydrogen-bond acceptors (Lipinski definition) is 2. The van der Waals surface area contributed by atoms with Crippen molar-refractivity contribution in [3.05, 3.63) is 115 Å². The van der Waals surface area contributed by atoms with Crippen molar-refractivity contribution in [2.75, 3.05) is 0 Å². The van der Waals surface area contributed by atoms with Crippen LogP contribution in [0.15, 0.2) is 109 Å². The Kier molecular flexibility index (Phi) is 4.11. The molecule has 0 saturated carbocycles. The topological polar surface area (TPSA) is 28.7 Å². The predicted octanol–water partition coefficient (Wildman–Crippen LogP) is 8.69. The standard InChI is InChI=1S/C31H18N2S/c32-19-20-13-16-29(33-27-10-4-1-7-22(27)23-8-2-5-11-28(23)33)26(17-20)21-14-15-25-24-9-3-6-12-30(24)34-31(25)18-21/h1-18H. The normalized spacial score (nSPS) is 11.5. The van der Waals surface area contributed by atoms with Gasteiger partial charge in [-0.2, -0.15) is 5.26 Å². The number of aromatic nitrogens is 1. The van der Waals surface area contributed by atoms with E-state index in [4.69, 9.17) is 0 Å². The second kappa shape index (κ2) is 7.31. The summed E-state index contributed by atoms with van der Waals surface area (Å²) in [4.78, 5) is 0. The monoisotopic (exact) mass is 450 g/mol. The summed E-state index contributed by atoms with van der Waals surface area (Å²) in [6, 6.07) is 40.7. The summed E-state index contributed by atoms with van der Waals surface area (Å²) in [5.74, 6) is 0. The number of thiophene rings is 1. The van der Waals surface area contributed by atoms with Gasteiger partial charge in [-0.3, -0.25) is 0 Å². The van der Waals surface area contributed by atoms with Gasteiger partial charge in [0.15, 0.2) is 0 Å². The maximum absolute atomic E-state index is 9.69. The zero-order valence-corrected chi connectivity index (χ0v) is 19.0. The van der Waals surface area contributed by atoms with Gasteiger partial charge < -0.3 is 4.57 Å². The lowest BCUT2D eigenvalue weighted by Crippen LogP contribution is -1.98. The number of fused-ring (bicyclic) bond motifs is 6. The molecular formula is C31H18N2S. The average Bonchev–Trinajstić information content (AvgIpc) is 3.43. The van der Waals surface area contributed by atoms with E-state index in [-0.39, 0.29) is 0 Å². The lowest BCUT2D eigenvalue weighted by atomic mass is 9.99. The first kappa shape index (κ1) is 19.1. The maximum Gasteiger partial charge on any atom is 0.0991 e. The van der Waals surface area contributed by atoms with E-state index in [2.05, 4.69) is 108 Å². The Balaban J connectivity index is 1.56. The molecule has 0 unspecified atom stereocenters. The summed E-state index contributed by atoms with van der Waals surface area (Å²) in [7, 11) is 0. The zero-order valence-electron chi connectivity index (χ0n) is 18.2. The minimum atomic E-state index is 0.663. The van der Waals surface area contributed by atoms with Crippen molar-refractivity contribution < 1.29 is 0 Å². The number of nitrogens with zero attached hydrogens (tertiary/aromatic N) is 2. The fraction of sp³-hybridized carbons (Fsp3) is 0. The largest absolute Gasteiger partial charge is 0.309 e. The molecule has 158 valence electrons. The van der Waals surface area contributed by atoms with Gasteiger partial charge >= 0.3 is 0 Å². The molecule has 2 heterocycles. The molecule has 0 amide bonds. The molecule has 3 heteroatoms. The average molecular weight is 451 g/mol. The van der Waals surface area contributed by atoms with E-state index in [0.29, 0.717) is 5.56 Å². The minimum Gasteiger partial charge on any atom is -0.309 e. The Hall–Kier alpha value is -4.39. The van der Waals surface area contributed by atoms with Gasteiger partial charge in [-0.1, -0.05) is 66.7 Å². The van der Waals surface area contributed by atoms with Gasteiger partial charge in [-0.25, -0.2) is 0 Å². The molecule has 2 aromatic heterocycles. The molecule has 0 N–H and O–H groups in total. The van der Waals surface area contributed by atoms with Crippen LogP contribution in [0, 0.1) is 11.3 Å². The van der Waals surface area contributed by atoms with E-state index >= 15 is 0 Å². The summed E-state index contributed by atoms with van der Waals surface area (Å²) in [6.45, 7) is 0. The maximum atomic E-state index is 9.69. The van der Waals surface area contributed by atoms with E-state index < -0.39 is 0 Å². The van der Waals surface area contributed by atoms with Crippen molar-refractivity contribution in [1.82, 2.24) is 4.57 Å². The molecule has 0 aliphatic heterocycles. The molecule has 0 fully saturated rings. The van der Waals surface area contributed by atoms with Crippen LogP contribution in [0.25, 0.3) is 58.8 Å². The van der Waals surface area contributed by atoms with Gasteiger partial charge in [0, 0.05) is 36.5 Å². The highest BCUT2D eigenvalue weighted by Crippen LogP contribution is 2.40. The van der Waals surface area contributed by atoms with E-state index in [1.54, 1.807) is 0 Å². The van der Waals surface area contributed by atoms with Crippen molar-refractivity contribution in [2.24, 2.45) is 0 Å². The first-order chi connectivity index (χ1) is 16.8. The second-order valence-corrected chi connectivity index (χ2v) is 9.61. The van der Waals surface area contributed by atoms with Gasteiger partial charge in [0.25, 0.3) is 0 Å². The number of rotatable bonds is 2. The third kappa shape index (κ3) is 2.73. The molecular weight excluding hydrogens is 432 g/mol. The van der Waals surface area contributed by atoms with Crippen LogP contribution in [0.5, 0.6) is 0 Å². The summed E-state index contributed by atoms with van der Waals surface area (Å²) in [5.41, 5.74) is 6.25. The van der Waals surface area contributed by atoms with Crippen LogP contribution in [0.1, 0.15) is 5.56 Å². The third-order valence-electron chi connectivity index (χ3n) is 6.64. The summed E-state index contributed by atoms with van der Waals surface area (Å²) in [5, 5.41) is 14.7. The lowest BCUT2D eigenvalue weighted by Gasteiger charge is -2.15. The number of hydrogen-bond donors (Lipinski definition) is 0. The fourth-order valence-corrected chi connectivity index (χ4v) is 6.25. The smallest absolute Gasteiger partial charge is 0.0991 e. The quantitative estimate of drug-likeness (QED) is 0.259. The second-order valence-electron chi connectivity index (χ2n) is 8.52. The number of para-hydroxylation sites is 2. The molecule has 34 heavy (non-hydrogen) atoms. The summed E-state index contributed by atoms with van der Waals surface area (Å²) < 4.78 is 4.88. The number of benzene rings is 5. The van der Waals surface area contributed by atoms with Crippen molar-refractivity contribution in [3.63, 3.8) is 0 Å². The Morgan fingerprint density at radius 1 is 0.588 bits per heavy atom. The van der Waals surface area contributed by atoms with Crippen LogP contribution in [-0.2, 0) is 0 Å². The molecule has 0 aliphatic carbocycles. The van der Waals surface area contributed by atoms with Crippen LogP contribution in [0.3, 0.4) is 0 Å².